The molecule has 3 aromatic carbocycles. The number of fused-ring (bicyclic) bond motifs is 1. The van der Waals surface area contributed by atoms with E-state index in [1.807, 2.05) is 49.4 Å². The van der Waals surface area contributed by atoms with E-state index in [-0.39, 0.29) is 11.3 Å². The SMILES string of the molecule is COc1ccc2nc(N3C(=O)C(=O)C(=C(O)c4ccc(OC)c(C)c4)[C@H]3c3ccccc3)sc2c1. The van der Waals surface area contributed by atoms with Crippen LogP contribution in [0.15, 0.2) is 72.3 Å². The molecule has 2 heterocycles. The van der Waals surface area contributed by atoms with E-state index in [1.165, 1.54) is 16.2 Å². The van der Waals surface area contributed by atoms with Gasteiger partial charge in [-0.2, -0.15) is 0 Å². The standard InChI is InChI=1S/C27H22N2O5S/c1-15-13-17(9-12-20(15)34-3)24(30)22-23(16-7-5-4-6-8-16)29(26(32)25(22)31)27-28-19-11-10-18(33-2)14-21(19)35-27/h4-14,23,30H,1-3H3/t23-/m1/s1. The van der Waals surface area contributed by atoms with Gasteiger partial charge in [-0.15, -0.1) is 0 Å². The van der Waals surface area contributed by atoms with Gasteiger partial charge in [0, 0.05) is 5.56 Å². The summed E-state index contributed by atoms with van der Waals surface area (Å²) < 4.78 is 11.4. The van der Waals surface area contributed by atoms with E-state index in [0.717, 1.165) is 10.3 Å². The molecule has 8 heteroatoms. The summed E-state index contributed by atoms with van der Waals surface area (Å²) in [7, 11) is 3.15. The highest BCUT2D eigenvalue weighted by Gasteiger charge is 2.48. The van der Waals surface area contributed by atoms with E-state index in [2.05, 4.69) is 4.98 Å². The number of amides is 1. The molecule has 1 aliphatic heterocycles. The summed E-state index contributed by atoms with van der Waals surface area (Å²) in [6.07, 6.45) is 0. The van der Waals surface area contributed by atoms with Gasteiger partial charge in [-0.25, -0.2) is 4.98 Å². The molecule has 0 saturated carbocycles. The Kier molecular flexibility index (Phi) is 5.74. The Hall–Kier alpha value is -4.17. The third kappa shape index (κ3) is 3.81. The van der Waals surface area contributed by atoms with Crippen LogP contribution in [0.2, 0.25) is 0 Å². The monoisotopic (exact) mass is 486 g/mol. The minimum absolute atomic E-state index is 0.0163. The van der Waals surface area contributed by atoms with Crippen molar-refractivity contribution in [1.29, 1.82) is 0 Å². The number of ether oxygens (including phenoxy) is 2. The Balaban J connectivity index is 1.70. The van der Waals surface area contributed by atoms with E-state index in [4.69, 9.17) is 9.47 Å². The average molecular weight is 487 g/mol. The summed E-state index contributed by atoms with van der Waals surface area (Å²) in [5.74, 6) is -0.415. The number of aromatic nitrogens is 1. The second-order valence-corrected chi connectivity index (χ2v) is 9.10. The first-order valence-corrected chi connectivity index (χ1v) is 11.7. The number of methoxy groups -OCH3 is 2. The molecule has 35 heavy (non-hydrogen) atoms. The predicted octanol–water partition coefficient (Wildman–Crippen LogP) is 5.25. The highest BCUT2D eigenvalue weighted by molar-refractivity contribution is 7.22. The van der Waals surface area contributed by atoms with Gasteiger partial charge in [-0.3, -0.25) is 14.5 Å². The van der Waals surface area contributed by atoms with E-state index in [9.17, 15) is 14.7 Å². The number of hydrogen-bond donors (Lipinski definition) is 1. The molecule has 1 aliphatic rings. The first kappa shape index (κ1) is 22.6. The van der Waals surface area contributed by atoms with Crippen LogP contribution >= 0.6 is 11.3 Å². The minimum atomic E-state index is -0.832. The zero-order valence-corrected chi connectivity index (χ0v) is 20.1. The van der Waals surface area contributed by atoms with Gasteiger partial charge >= 0.3 is 5.91 Å². The lowest BCUT2D eigenvalue weighted by Crippen LogP contribution is -2.29. The molecule has 0 radical (unpaired) electrons. The van der Waals surface area contributed by atoms with Crippen LogP contribution < -0.4 is 14.4 Å². The van der Waals surface area contributed by atoms with Crippen LogP contribution in [-0.2, 0) is 9.59 Å². The van der Waals surface area contributed by atoms with Crippen LogP contribution in [0, 0.1) is 6.92 Å². The summed E-state index contributed by atoms with van der Waals surface area (Å²) >= 11 is 1.29. The van der Waals surface area contributed by atoms with Crippen LogP contribution in [0.25, 0.3) is 16.0 Å². The van der Waals surface area contributed by atoms with Gasteiger partial charge in [0.25, 0.3) is 5.78 Å². The lowest BCUT2D eigenvalue weighted by molar-refractivity contribution is -0.132. The second kappa shape index (κ2) is 8.88. The third-order valence-electron chi connectivity index (χ3n) is 6.02. The van der Waals surface area contributed by atoms with E-state index in [0.29, 0.717) is 33.3 Å². The lowest BCUT2D eigenvalue weighted by Gasteiger charge is -2.23. The lowest BCUT2D eigenvalue weighted by atomic mass is 9.95. The number of rotatable bonds is 5. The highest BCUT2D eigenvalue weighted by atomic mass is 32.1. The maximum atomic E-state index is 13.4. The molecule has 176 valence electrons. The Labute approximate surface area is 205 Å². The van der Waals surface area contributed by atoms with Crippen LogP contribution in [0.3, 0.4) is 0 Å². The van der Waals surface area contributed by atoms with E-state index < -0.39 is 17.7 Å². The van der Waals surface area contributed by atoms with Crippen molar-refractivity contribution in [3.05, 3.63) is 89.0 Å². The number of ketones is 1. The Morgan fingerprint density at radius 3 is 2.46 bits per heavy atom. The zero-order valence-electron chi connectivity index (χ0n) is 19.3. The Morgan fingerprint density at radius 1 is 1.00 bits per heavy atom. The number of aryl methyl sites for hydroxylation is 1. The van der Waals surface area contributed by atoms with Crippen LogP contribution in [0.5, 0.6) is 11.5 Å². The van der Waals surface area contributed by atoms with Crippen molar-refractivity contribution in [2.24, 2.45) is 0 Å². The largest absolute Gasteiger partial charge is 0.507 e. The average Bonchev–Trinajstić information content (AvgIpc) is 3.41. The molecule has 7 nitrogen and oxygen atoms in total. The highest BCUT2D eigenvalue weighted by Crippen LogP contribution is 2.44. The van der Waals surface area contributed by atoms with Crippen molar-refractivity contribution in [3.63, 3.8) is 0 Å². The molecular weight excluding hydrogens is 464 g/mol. The molecule has 4 aromatic rings. The van der Waals surface area contributed by atoms with E-state index >= 15 is 0 Å². The van der Waals surface area contributed by atoms with Gasteiger partial charge in [0.1, 0.15) is 17.3 Å². The van der Waals surface area contributed by atoms with Gasteiger partial charge in [0.15, 0.2) is 5.13 Å². The van der Waals surface area contributed by atoms with Crippen molar-refractivity contribution < 1.29 is 24.2 Å². The molecule has 1 N–H and O–H groups in total. The molecule has 0 unspecified atom stereocenters. The molecule has 1 amide bonds. The number of carbonyl (C=O) groups excluding carboxylic acids is 2. The summed E-state index contributed by atoms with van der Waals surface area (Å²) in [5, 5.41) is 11.7. The quantitative estimate of drug-likeness (QED) is 0.236. The molecular formula is C27H22N2O5S. The minimum Gasteiger partial charge on any atom is -0.507 e. The maximum Gasteiger partial charge on any atom is 0.301 e. The fourth-order valence-electron chi connectivity index (χ4n) is 4.28. The number of carbonyl (C=O) groups is 2. The first-order chi connectivity index (χ1) is 16.9. The third-order valence-corrected chi connectivity index (χ3v) is 7.04. The number of anilines is 1. The Morgan fingerprint density at radius 2 is 1.77 bits per heavy atom. The molecule has 0 aliphatic carbocycles. The number of aliphatic hydroxyl groups is 1. The number of hydrogen-bond acceptors (Lipinski definition) is 7. The van der Waals surface area contributed by atoms with Gasteiger partial charge in [-0.1, -0.05) is 41.7 Å². The normalized spacial score (nSPS) is 17.2. The van der Waals surface area contributed by atoms with Crippen molar-refractivity contribution in [3.8, 4) is 11.5 Å². The number of thiazole rings is 1. The number of benzene rings is 3. The predicted molar refractivity (Wildman–Crippen MR) is 135 cm³/mol. The molecule has 1 fully saturated rings. The van der Waals surface area contributed by atoms with Gasteiger partial charge in [0.2, 0.25) is 0 Å². The number of aliphatic hydroxyl groups excluding tert-OH is 1. The second-order valence-electron chi connectivity index (χ2n) is 8.09. The van der Waals surface area contributed by atoms with Crippen molar-refractivity contribution in [2.45, 2.75) is 13.0 Å². The van der Waals surface area contributed by atoms with Gasteiger partial charge < -0.3 is 14.6 Å². The zero-order chi connectivity index (χ0) is 24.7. The summed E-state index contributed by atoms with van der Waals surface area (Å²) in [6.45, 7) is 1.85. The summed E-state index contributed by atoms with van der Waals surface area (Å²) in [6, 6.07) is 18.9. The fraction of sp³-hybridized carbons (Fsp3) is 0.148. The van der Waals surface area contributed by atoms with Crippen molar-refractivity contribution in [2.75, 3.05) is 19.1 Å². The Bertz CT molecular complexity index is 1490. The van der Waals surface area contributed by atoms with E-state index in [1.54, 1.807) is 38.5 Å². The summed E-state index contributed by atoms with van der Waals surface area (Å²) in [4.78, 5) is 32.7. The van der Waals surface area contributed by atoms with Crippen LogP contribution in [0.1, 0.15) is 22.7 Å². The molecule has 0 spiro atoms. The van der Waals surface area contributed by atoms with Crippen molar-refractivity contribution in [1.82, 2.24) is 4.98 Å². The molecule has 5 rings (SSSR count). The molecule has 1 aromatic heterocycles. The van der Waals surface area contributed by atoms with Gasteiger partial charge in [0.05, 0.1) is 36.1 Å². The molecule has 0 bridgehead atoms. The molecule has 1 atom stereocenters. The van der Waals surface area contributed by atoms with Gasteiger partial charge in [-0.05, 0) is 54.4 Å². The smallest absolute Gasteiger partial charge is 0.301 e. The fourth-order valence-corrected chi connectivity index (χ4v) is 5.31. The number of Topliss-reactive ketones (excluding diaryl/α,β-unsaturated/α-hetero) is 1. The van der Waals surface area contributed by atoms with Crippen LogP contribution in [-0.4, -0.2) is 36.0 Å². The number of nitrogens with zero attached hydrogens (tertiary/aromatic N) is 2. The topological polar surface area (TPSA) is 89.0 Å². The van der Waals surface area contributed by atoms with Crippen LogP contribution in [0.4, 0.5) is 5.13 Å². The first-order valence-electron chi connectivity index (χ1n) is 10.9. The maximum absolute atomic E-state index is 13.4. The molecule has 1 saturated heterocycles. The summed E-state index contributed by atoms with van der Waals surface area (Å²) in [5.41, 5.74) is 2.61. The van der Waals surface area contributed by atoms with Crippen molar-refractivity contribution >= 4 is 44.1 Å².